The number of nitrogens with zero attached hydrogens (tertiary/aromatic N) is 1. The fourth-order valence-electron chi connectivity index (χ4n) is 2.82. The highest BCUT2D eigenvalue weighted by Crippen LogP contribution is 2.30. The van der Waals surface area contributed by atoms with Crippen molar-refractivity contribution in [2.24, 2.45) is 0 Å². The van der Waals surface area contributed by atoms with Crippen molar-refractivity contribution in [3.63, 3.8) is 0 Å². The molecule has 0 bridgehead atoms. The van der Waals surface area contributed by atoms with Crippen LogP contribution < -0.4 is 20.1 Å². The topological polar surface area (TPSA) is 72.5 Å². The van der Waals surface area contributed by atoms with E-state index in [0.717, 1.165) is 11.4 Å². The average molecular weight is 391 g/mol. The summed E-state index contributed by atoms with van der Waals surface area (Å²) in [5.41, 5.74) is 3.27. The van der Waals surface area contributed by atoms with Gasteiger partial charge in [-0.15, -0.1) is 0 Å². The van der Waals surface area contributed by atoms with Gasteiger partial charge in [0.15, 0.2) is 11.5 Å². The maximum absolute atomic E-state index is 12.5. The number of anilines is 3. The third kappa shape index (κ3) is 5.04. The van der Waals surface area contributed by atoms with Crippen molar-refractivity contribution in [3.8, 4) is 11.5 Å². The van der Waals surface area contributed by atoms with Crippen LogP contribution in [0.25, 0.3) is 0 Å². The number of pyridine rings is 1. The first-order valence-corrected chi connectivity index (χ1v) is 9.36. The van der Waals surface area contributed by atoms with Gasteiger partial charge in [0.05, 0.1) is 19.8 Å². The standard InChI is InChI=1S/C23H25N3O3/c1-15(2)16-5-8-18(9-6-16)26-23(27)17-7-12-22(24-14-17)25-19-10-11-20(28-3)21(13-19)29-4/h5-15H,1-4H3,(H,24,25)(H,26,27). The summed E-state index contributed by atoms with van der Waals surface area (Å²) in [4.78, 5) is 16.8. The van der Waals surface area contributed by atoms with E-state index in [-0.39, 0.29) is 5.91 Å². The predicted molar refractivity (Wildman–Crippen MR) is 116 cm³/mol. The zero-order valence-electron chi connectivity index (χ0n) is 17.0. The molecule has 0 aliphatic carbocycles. The van der Waals surface area contributed by atoms with E-state index in [9.17, 15) is 4.79 Å². The highest BCUT2D eigenvalue weighted by atomic mass is 16.5. The fraction of sp³-hybridized carbons (Fsp3) is 0.217. The summed E-state index contributed by atoms with van der Waals surface area (Å²) < 4.78 is 10.5. The smallest absolute Gasteiger partial charge is 0.257 e. The molecule has 29 heavy (non-hydrogen) atoms. The molecule has 0 aliphatic heterocycles. The molecule has 150 valence electrons. The molecule has 3 rings (SSSR count). The van der Waals surface area contributed by atoms with Gasteiger partial charge in [0.1, 0.15) is 5.82 Å². The normalized spacial score (nSPS) is 10.5. The first-order chi connectivity index (χ1) is 14.0. The quantitative estimate of drug-likeness (QED) is 0.578. The Morgan fingerprint density at radius 1 is 0.897 bits per heavy atom. The largest absolute Gasteiger partial charge is 0.493 e. The van der Waals surface area contributed by atoms with Crippen molar-refractivity contribution in [1.29, 1.82) is 0 Å². The number of benzene rings is 2. The number of hydrogen-bond donors (Lipinski definition) is 2. The van der Waals surface area contributed by atoms with Crippen LogP contribution in [0.2, 0.25) is 0 Å². The Kier molecular flexibility index (Phi) is 6.34. The van der Waals surface area contributed by atoms with Crippen LogP contribution in [0.3, 0.4) is 0 Å². The molecule has 0 fully saturated rings. The van der Waals surface area contributed by atoms with Crippen LogP contribution in [0.5, 0.6) is 11.5 Å². The number of carbonyl (C=O) groups excluding carboxylic acids is 1. The molecule has 0 unspecified atom stereocenters. The molecule has 3 aromatic rings. The van der Waals surface area contributed by atoms with Gasteiger partial charge >= 0.3 is 0 Å². The Hall–Kier alpha value is -3.54. The van der Waals surface area contributed by atoms with Gasteiger partial charge in [0, 0.05) is 23.6 Å². The molecule has 0 saturated heterocycles. The molecule has 0 atom stereocenters. The number of methoxy groups -OCH3 is 2. The van der Waals surface area contributed by atoms with Crippen LogP contribution in [0.15, 0.2) is 60.8 Å². The van der Waals surface area contributed by atoms with Crippen molar-refractivity contribution in [1.82, 2.24) is 4.98 Å². The second-order valence-electron chi connectivity index (χ2n) is 6.86. The number of nitrogens with one attached hydrogen (secondary N) is 2. The van der Waals surface area contributed by atoms with Crippen LogP contribution in [0, 0.1) is 0 Å². The fourth-order valence-corrected chi connectivity index (χ4v) is 2.82. The maximum Gasteiger partial charge on any atom is 0.257 e. The van der Waals surface area contributed by atoms with Gasteiger partial charge in [0.25, 0.3) is 5.91 Å². The number of amides is 1. The molecule has 2 aromatic carbocycles. The molecular weight excluding hydrogens is 366 g/mol. The zero-order valence-corrected chi connectivity index (χ0v) is 17.0. The van der Waals surface area contributed by atoms with Crippen molar-refractivity contribution in [3.05, 3.63) is 71.9 Å². The SMILES string of the molecule is COc1ccc(Nc2ccc(C(=O)Nc3ccc(C(C)C)cc3)cn2)cc1OC. The summed E-state index contributed by atoms with van der Waals surface area (Å²) in [6.45, 7) is 4.27. The second-order valence-corrected chi connectivity index (χ2v) is 6.86. The van der Waals surface area contributed by atoms with Crippen molar-refractivity contribution in [2.45, 2.75) is 19.8 Å². The second kappa shape index (κ2) is 9.10. The molecule has 1 aromatic heterocycles. The van der Waals surface area contributed by atoms with Crippen molar-refractivity contribution >= 4 is 23.1 Å². The third-order valence-corrected chi connectivity index (χ3v) is 4.52. The molecule has 2 N–H and O–H groups in total. The minimum absolute atomic E-state index is 0.201. The van der Waals surface area contributed by atoms with Gasteiger partial charge in [-0.2, -0.15) is 0 Å². The highest BCUT2D eigenvalue weighted by molar-refractivity contribution is 6.04. The van der Waals surface area contributed by atoms with Crippen molar-refractivity contribution < 1.29 is 14.3 Å². The van der Waals surface area contributed by atoms with Gasteiger partial charge < -0.3 is 20.1 Å². The molecule has 6 nitrogen and oxygen atoms in total. The Morgan fingerprint density at radius 3 is 2.17 bits per heavy atom. The van der Waals surface area contributed by atoms with Gasteiger partial charge in [-0.05, 0) is 47.9 Å². The summed E-state index contributed by atoms with van der Waals surface area (Å²) >= 11 is 0. The van der Waals surface area contributed by atoms with Crippen molar-refractivity contribution in [2.75, 3.05) is 24.9 Å². The summed E-state index contributed by atoms with van der Waals surface area (Å²) in [6, 6.07) is 16.9. The number of rotatable bonds is 7. The Labute approximate surface area is 170 Å². The van der Waals surface area contributed by atoms with Crippen LogP contribution in [0.1, 0.15) is 35.7 Å². The lowest BCUT2D eigenvalue weighted by atomic mass is 10.0. The molecule has 0 saturated carbocycles. The van der Waals surface area contributed by atoms with E-state index in [4.69, 9.17) is 9.47 Å². The predicted octanol–water partition coefficient (Wildman–Crippen LogP) is 5.22. The molecule has 1 heterocycles. The molecule has 0 aliphatic rings. The number of ether oxygens (including phenoxy) is 2. The lowest BCUT2D eigenvalue weighted by molar-refractivity contribution is 0.102. The van der Waals surface area contributed by atoms with Gasteiger partial charge in [-0.25, -0.2) is 4.98 Å². The van der Waals surface area contributed by atoms with Crippen LogP contribution in [0.4, 0.5) is 17.2 Å². The monoisotopic (exact) mass is 391 g/mol. The third-order valence-electron chi connectivity index (χ3n) is 4.52. The maximum atomic E-state index is 12.5. The van der Waals surface area contributed by atoms with Crippen LogP contribution >= 0.6 is 0 Å². The van der Waals surface area contributed by atoms with E-state index in [1.54, 1.807) is 32.5 Å². The summed E-state index contributed by atoms with van der Waals surface area (Å²) in [5.74, 6) is 2.15. The average Bonchev–Trinajstić information content (AvgIpc) is 2.74. The van der Waals surface area contributed by atoms with E-state index in [2.05, 4.69) is 29.5 Å². The number of hydrogen-bond acceptors (Lipinski definition) is 5. The highest BCUT2D eigenvalue weighted by Gasteiger charge is 2.09. The van der Waals surface area contributed by atoms with E-state index >= 15 is 0 Å². The van der Waals surface area contributed by atoms with Gasteiger partial charge in [-0.1, -0.05) is 26.0 Å². The van der Waals surface area contributed by atoms with Gasteiger partial charge in [-0.3, -0.25) is 4.79 Å². The van der Waals surface area contributed by atoms with E-state index in [1.807, 2.05) is 42.5 Å². The van der Waals surface area contributed by atoms with Crippen LogP contribution in [-0.2, 0) is 0 Å². The molecule has 0 radical (unpaired) electrons. The molecular formula is C23H25N3O3. The Balaban J connectivity index is 1.65. The molecule has 0 spiro atoms. The number of aromatic nitrogens is 1. The lowest BCUT2D eigenvalue weighted by Crippen LogP contribution is -2.12. The van der Waals surface area contributed by atoms with E-state index in [1.165, 1.54) is 5.56 Å². The number of carbonyl (C=O) groups is 1. The first kappa shape index (κ1) is 20.2. The summed E-state index contributed by atoms with van der Waals surface area (Å²) in [5, 5.41) is 6.08. The molecule has 1 amide bonds. The summed E-state index contributed by atoms with van der Waals surface area (Å²) in [6.07, 6.45) is 1.54. The van der Waals surface area contributed by atoms with E-state index < -0.39 is 0 Å². The first-order valence-electron chi connectivity index (χ1n) is 9.36. The van der Waals surface area contributed by atoms with Gasteiger partial charge in [0.2, 0.25) is 0 Å². The molecule has 6 heteroatoms. The lowest BCUT2D eigenvalue weighted by Gasteiger charge is -2.11. The Bertz CT molecular complexity index is 968. The van der Waals surface area contributed by atoms with E-state index in [0.29, 0.717) is 28.8 Å². The Morgan fingerprint density at radius 2 is 1.59 bits per heavy atom. The summed E-state index contributed by atoms with van der Waals surface area (Å²) in [7, 11) is 3.18. The minimum atomic E-state index is -0.201. The van der Waals surface area contributed by atoms with Crippen LogP contribution in [-0.4, -0.2) is 25.1 Å². The zero-order chi connectivity index (χ0) is 20.8. The minimum Gasteiger partial charge on any atom is -0.493 e.